The minimum Gasteiger partial charge on any atom is -0.481 e. The maximum atomic E-state index is 13.3. The number of benzene rings is 3. The van der Waals surface area contributed by atoms with E-state index in [1.165, 1.54) is 5.56 Å². The number of carboxylic acid groups (broad SMARTS) is 3. The number of likely N-dealkylation sites (N-methyl/N-ethyl adjacent to an activating group) is 1. The Morgan fingerprint density at radius 2 is 1.49 bits per heavy atom. The highest BCUT2D eigenvalue weighted by Crippen LogP contribution is 2.46. The largest absolute Gasteiger partial charge is 0.481 e. The van der Waals surface area contributed by atoms with Crippen LogP contribution in [0.4, 0.5) is 0 Å². The number of aliphatic hydroxyl groups is 1. The standard InChI is InChI=1S/C31H34Cl2N2O2S.C6H8O7/c1-3-35-30(25-9-4-5-10-26(25)31(35)36)24(22-12-13-27(32)28(33)20-22)16-19-34-17-14-21(15-18-34)23-8-6-7-11-29(23)38(2)37;7-3(8)1-6(13,5(11)12)2-4(9)10/h4-13,20-21,24,30H,3,14-19H2,1-2H3;13H,1-2H2,(H,7,8)(H,9,10)(H,11,12)/t24-,30+,38-;/m0./s1. The lowest BCUT2D eigenvalue weighted by molar-refractivity contribution is -0.170. The first-order chi connectivity index (χ1) is 24.2. The molecule has 5 rings (SSSR count). The van der Waals surface area contributed by atoms with Gasteiger partial charge in [0.25, 0.3) is 5.91 Å². The van der Waals surface area contributed by atoms with Crippen molar-refractivity contribution in [1.82, 2.24) is 9.80 Å². The average Bonchev–Trinajstić information content (AvgIpc) is 3.37. The van der Waals surface area contributed by atoms with E-state index < -0.39 is 47.2 Å². The van der Waals surface area contributed by atoms with Crippen LogP contribution >= 0.6 is 23.2 Å². The van der Waals surface area contributed by atoms with Crippen molar-refractivity contribution in [3.63, 3.8) is 0 Å². The van der Waals surface area contributed by atoms with Crippen molar-refractivity contribution >= 4 is 57.8 Å². The molecule has 0 radical (unpaired) electrons. The van der Waals surface area contributed by atoms with E-state index in [9.17, 15) is 23.4 Å². The summed E-state index contributed by atoms with van der Waals surface area (Å²) in [6.45, 7) is 5.64. The van der Waals surface area contributed by atoms with Crippen molar-refractivity contribution in [2.24, 2.45) is 0 Å². The van der Waals surface area contributed by atoms with Crippen LogP contribution in [-0.4, -0.2) is 96.3 Å². The lowest BCUT2D eigenvalue weighted by atomic mass is 9.83. The molecule has 0 aromatic heterocycles. The number of halogens is 2. The molecule has 0 saturated carbocycles. The minimum absolute atomic E-state index is 0.0371. The second kappa shape index (κ2) is 17.6. The summed E-state index contributed by atoms with van der Waals surface area (Å²) in [5.41, 5.74) is 1.51. The molecule has 0 spiro atoms. The van der Waals surface area contributed by atoms with Crippen molar-refractivity contribution in [2.45, 2.75) is 67.4 Å². The molecule has 11 nitrogen and oxygen atoms in total. The second-order valence-electron chi connectivity index (χ2n) is 12.8. The van der Waals surface area contributed by atoms with Crippen LogP contribution < -0.4 is 0 Å². The number of rotatable bonds is 13. The molecule has 1 fully saturated rings. The fourth-order valence-electron chi connectivity index (χ4n) is 7.01. The first kappa shape index (κ1) is 40.0. The summed E-state index contributed by atoms with van der Waals surface area (Å²) in [4.78, 5) is 49.3. The van der Waals surface area contributed by atoms with Crippen LogP contribution in [0.3, 0.4) is 0 Å². The number of piperidine rings is 1. The van der Waals surface area contributed by atoms with Gasteiger partial charge in [-0.15, -0.1) is 0 Å². The predicted molar refractivity (Wildman–Crippen MR) is 194 cm³/mol. The van der Waals surface area contributed by atoms with E-state index in [4.69, 9.17) is 43.6 Å². The quantitative estimate of drug-likeness (QED) is 0.161. The van der Waals surface area contributed by atoms with Gasteiger partial charge in [-0.25, -0.2) is 4.79 Å². The molecule has 3 atom stereocenters. The number of aliphatic carboxylic acids is 3. The molecule has 51 heavy (non-hydrogen) atoms. The third-order valence-corrected chi connectivity index (χ3v) is 11.2. The zero-order chi connectivity index (χ0) is 37.5. The molecule has 1 saturated heterocycles. The van der Waals surface area contributed by atoms with Gasteiger partial charge in [-0.1, -0.05) is 65.7 Å². The van der Waals surface area contributed by atoms with Gasteiger partial charge in [0.2, 0.25) is 0 Å². The Balaban J connectivity index is 0.000000383. The Bertz CT molecular complexity index is 1760. The highest BCUT2D eigenvalue weighted by Gasteiger charge is 2.42. The van der Waals surface area contributed by atoms with E-state index in [-0.39, 0.29) is 17.9 Å². The Morgan fingerprint density at radius 3 is 2.04 bits per heavy atom. The van der Waals surface area contributed by atoms with Gasteiger partial charge in [-0.05, 0) is 92.7 Å². The molecule has 0 unspecified atom stereocenters. The number of hydrogen-bond acceptors (Lipinski definition) is 7. The van der Waals surface area contributed by atoms with Gasteiger partial charge in [0.1, 0.15) is 0 Å². The van der Waals surface area contributed by atoms with Crippen LogP contribution in [0.15, 0.2) is 71.6 Å². The van der Waals surface area contributed by atoms with E-state index in [1.54, 1.807) is 6.26 Å². The Hall–Kier alpha value is -3.81. The molecule has 4 N–H and O–H groups in total. The van der Waals surface area contributed by atoms with E-state index in [2.05, 4.69) is 36.1 Å². The van der Waals surface area contributed by atoms with Crippen molar-refractivity contribution in [2.75, 3.05) is 32.4 Å². The summed E-state index contributed by atoms with van der Waals surface area (Å²) in [7, 11) is -0.979. The van der Waals surface area contributed by atoms with Gasteiger partial charge < -0.3 is 30.2 Å². The van der Waals surface area contributed by atoms with Crippen LogP contribution in [0.2, 0.25) is 10.0 Å². The average molecular weight is 762 g/mol. The fourth-order valence-corrected chi connectivity index (χ4v) is 8.15. The van der Waals surface area contributed by atoms with Gasteiger partial charge in [0, 0.05) is 29.2 Å². The Labute approximate surface area is 309 Å². The number of carbonyl (C=O) groups is 4. The SMILES string of the molecule is CCN1C(=O)c2ccccc2[C@H]1[C@@H](CCN1CCC(c2ccccc2[S@](C)=O)CC1)c1ccc(Cl)c(Cl)c1.O=C(O)CC(O)(CC(=O)O)C(=O)O. The molecule has 3 aromatic carbocycles. The third kappa shape index (κ3) is 9.75. The van der Waals surface area contributed by atoms with Crippen LogP contribution in [-0.2, 0) is 25.2 Å². The molecule has 0 aliphatic carbocycles. The van der Waals surface area contributed by atoms with E-state index in [0.717, 1.165) is 60.5 Å². The maximum absolute atomic E-state index is 13.3. The van der Waals surface area contributed by atoms with Gasteiger partial charge >= 0.3 is 17.9 Å². The van der Waals surface area contributed by atoms with Gasteiger partial charge in [-0.3, -0.25) is 18.6 Å². The molecule has 274 valence electrons. The first-order valence-electron chi connectivity index (χ1n) is 16.6. The zero-order valence-corrected chi connectivity index (χ0v) is 30.7. The topological polar surface area (TPSA) is 173 Å². The van der Waals surface area contributed by atoms with E-state index in [0.29, 0.717) is 22.5 Å². The normalized spacial score (nSPS) is 17.6. The van der Waals surface area contributed by atoms with Crippen molar-refractivity contribution < 1.29 is 43.8 Å². The molecule has 0 bridgehead atoms. The first-order valence-corrected chi connectivity index (χ1v) is 18.9. The molecule has 1 amide bonds. The summed E-state index contributed by atoms with van der Waals surface area (Å²) in [6.07, 6.45) is 2.49. The number of carbonyl (C=O) groups excluding carboxylic acids is 1. The molecular weight excluding hydrogens is 719 g/mol. The summed E-state index contributed by atoms with van der Waals surface area (Å²) >= 11 is 12.8. The molecule has 2 aliphatic rings. The summed E-state index contributed by atoms with van der Waals surface area (Å²) in [6, 6.07) is 22.0. The van der Waals surface area contributed by atoms with Crippen LogP contribution in [0.1, 0.15) is 84.0 Å². The summed E-state index contributed by atoms with van der Waals surface area (Å²) in [5, 5.41) is 34.9. The molecule has 2 aliphatic heterocycles. The second-order valence-corrected chi connectivity index (χ2v) is 14.9. The van der Waals surface area contributed by atoms with E-state index >= 15 is 0 Å². The summed E-state index contributed by atoms with van der Waals surface area (Å²) < 4.78 is 12.3. The summed E-state index contributed by atoms with van der Waals surface area (Å²) in [5.74, 6) is -4.38. The van der Waals surface area contributed by atoms with E-state index in [1.807, 2.05) is 47.4 Å². The van der Waals surface area contributed by atoms with Gasteiger partial charge in [0.15, 0.2) is 5.60 Å². The number of carboxylic acids is 3. The van der Waals surface area contributed by atoms with Crippen LogP contribution in [0.25, 0.3) is 0 Å². The van der Waals surface area contributed by atoms with Gasteiger partial charge in [0.05, 0.1) is 39.7 Å². The number of fused-ring (bicyclic) bond motifs is 1. The third-order valence-electron chi connectivity index (χ3n) is 9.50. The zero-order valence-electron chi connectivity index (χ0n) is 28.3. The minimum atomic E-state index is -2.74. The van der Waals surface area contributed by atoms with Crippen molar-refractivity contribution in [1.29, 1.82) is 0 Å². The maximum Gasteiger partial charge on any atom is 0.336 e. The molecule has 2 heterocycles. The lowest BCUT2D eigenvalue weighted by Gasteiger charge is -2.36. The monoisotopic (exact) mass is 760 g/mol. The van der Waals surface area contributed by atoms with Gasteiger partial charge in [-0.2, -0.15) is 0 Å². The lowest BCUT2D eigenvalue weighted by Crippen LogP contribution is -2.42. The molecule has 3 aromatic rings. The number of amides is 1. The molecular formula is C37H42Cl2N2O9S. The predicted octanol–water partition coefficient (Wildman–Crippen LogP) is 6.05. The van der Waals surface area contributed by atoms with Crippen LogP contribution in [0, 0.1) is 0 Å². The Morgan fingerprint density at radius 1 is 0.902 bits per heavy atom. The number of hydrogen-bond donors (Lipinski definition) is 4. The smallest absolute Gasteiger partial charge is 0.336 e. The highest BCUT2D eigenvalue weighted by molar-refractivity contribution is 7.84. The van der Waals surface area contributed by atoms with Crippen molar-refractivity contribution in [3.8, 4) is 0 Å². The number of likely N-dealkylation sites (tertiary alicyclic amines) is 1. The molecule has 14 heteroatoms. The number of nitrogens with zero attached hydrogens (tertiary/aromatic N) is 2. The fraction of sp³-hybridized carbons (Fsp3) is 0.405. The van der Waals surface area contributed by atoms with Crippen molar-refractivity contribution in [3.05, 3.63) is 99.0 Å². The van der Waals surface area contributed by atoms with Crippen LogP contribution in [0.5, 0.6) is 0 Å². The highest BCUT2D eigenvalue weighted by atomic mass is 35.5. The Kier molecular flexibility index (Phi) is 13.8.